The normalized spacial score (nSPS) is 17.3. The molecule has 0 spiro atoms. The van der Waals surface area contributed by atoms with Gasteiger partial charge in [0.05, 0.1) is 0 Å². The topological polar surface area (TPSA) is 121 Å². The Morgan fingerprint density at radius 3 is 2.02 bits per heavy atom. The first-order chi connectivity index (χ1) is 22.3. The van der Waals surface area contributed by atoms with Crippen LogP contribution in [0.4, 0.5) is 5.69 Å². The fourth-order valence-electron chi connectivity index (χ4n) is 6.38. The minimum absolute atomic E-state index is 0.0303. The second-order valence-corrected chi connectivity index (χ2v) is 12.2. The van der Waals surface area contributed by atoms with Crippen LogP contribution in [0, 0.1) is 34.0 Å². The van der Waals surface area contributed by atoms with Crippen molar-refractivity contribution in [2.24, 2.45) is 0 Å². The molecule has 0 aliphatic carbocycles. The molecule has 8 heteroatoms. The highest BCUT2D eigenvalue weighted by molar-refractivity contribution is 6.12. The van der Waals surface area contributed by atoms with Crippen molar-refractivity contribution < 1.29 is 14.3 Å². The lowest BCUT2D eigenvalue weighted by atomic mass is 9.83. The molecule has 0 radical (unpaired) electrons. The van der Waals surface area contributed by atoms with Crippen LogP contribution in [0.25, 0.3) is 16.3 Å². The van der Waals surface area contributed by atoms with Gasteiger partial charge in [-0.3, -0.25) is 14.5 Å². The van der Waals surface area contributed by atoms with Crippen LogP contribution in [0.2, 0.25) is 0 Å². The largest absolute Gasteiger partial charge is 0.479 e. The number of hydrogen-bond donors (Lipinski definition) is 0. The number of fused-ring (bicyclic) bond motifs is 1. The van der Waals surface area contributed by atoms with E-state index in [9.17, 15) is 25.4 Å². The van der Waals surface area contributed by atoms with E-state index >= 15 is 0 Å². The minimum atomic E-state index is -1.07. The molecule has 0 saturated heterocycles. The summed E-state index contributed by atoms with van der Waals surface area (Å²) in [5.41, 5.74) is 1.37. The second-order valence-electron chi connectivity index (χ2n) is 12.2. The van der Waals surface area contributed by atoms with Crippen molar-refractivity contribution in [2.75, 3.05) is 24.5 Å². The van der Waals surface area contributed by atoms with Crippen molar-refractivity contribution in [3.63, 3.8) is 0 Å². The summed E-state index contributed by atoms with van der Waals surface area (Å²) in [5, 5.41) is 31.6. The highest BCUT2D eigenvalue weighted by Crippen LogP contribution is 2.48. The summed E-state index contributed by atoms with van der Waals surface area (Å²) in [4.78, 5) is 27.9. The van der Waals surface area contributed by atoms with Gasteiger partial charge in [0, 0.05) is 43.0 Å². The van der Waals surface area contributed by atoms with Gasteiger partial charge in [0.2, 0.25) is 0 Å². The lowest BCUT2D eigenvalue weighted by Gasteiger charge is -2.29. The number of carbonyl (C=O) groups is 2. The number of nitrogens with zero attached hydrogens (tertiary/aromatic N) is 5. The first-order valence-corrected chi connectivity index (χ1v) is 16.5. The van der Waals surface area contributed by atoms with Gasteiger partial charge in [-0.2, -0.15) is 15.8 Å². The molecule has 8 nitrogen and oxygen atoms in total. The number of rotatable bonds is 16. The molecule has 0 aromatic heterocycles. The van der Waals surface area contributed by atoms with Crippen LogP contribution >= 0.6 is 0 Å². The predicted octanol–water partition coefficient (Wildman–Crippen LogP) is 7.88. The molecule has 0 N–H and O–H groups in total. The van der Waals surface area contributed by atoms with Gasteiger partial charge in [-0.1, -0.05) is 70.6 Å². The Labute approximate surface area is 272 Å². The number of benzene rings is 2. The van der Waals surface area contributed by atoms with E-state index in [1.165, 1.54) is 74.1 Å². The van der Waals surface area contributed by atoms with Crippen LogP contribution in [-0.4, -0.2) is 41.9 Å². The van der Waals surface area contributed by atoms with E-state index in [0.717, 1.165) is 29.4 Å². The molecule has 238 valence electrons. The van der Waals surface area contributed by atoms with E-state index in [-0.39, 0.29) is 35.3 Å². The Balaban J connectivity index is 1.67. The summed E-state index contributed by atoms with van der Waals surface area (Å²) in [5.74, 6) is -0.749. The summed E-state index contributed by atoms with van der Waals surface area (Å²) in [6.07, 6.45) is 13.0. The summed E-state index contributed by atoms with van der Waals surface area (Å²) < 4.78 is 6.28. The van der Waals surface area contributed by atoms with Crippen LogP contribution in [0.5, 0.6) is 0 Å². The zero-order valence-electron chi connectivity index (χ0n) is 27.3. The SMILES string of the molecule is CCCCCCN(CCCCCC)c1ccc2cc(C3=C(C#N)C(=C(C#N)C#N)OC3(C)CCCN3C(=O)C=CC3=O)ccc2c1. The van der Waals surface area contributed by atoms with Crippen LogP contribution < -0.4 is 4.90 Å². The molecular weight excluding hydrogens is 574 g/mol. The van der Waals surface area contributed by atoms with Crippen LogP contribution in [-0.2, 0) is 14.3 Å². The van der Waals surface area contributed by atoms with Crippen molar-refractivity contribution in [3.8, 4) is 18.2 Å². The number of unbranched alkanes of at least 4 members (excludes halogenated alkanes) is 6. The Kier molecular flexibility index (Phi) is 11.8. The van der Waals surface area contributed by atoms with Gasteiger partial charge < -0.3 is 9.64 Å². The Bertz CT molecular complexity index is 1640. The molecule has 0 fully saturated rings. The van der Waals surface area contributed by atoms with E-state index in [1.54, 1.807) is 0 Å². The van der Waals surface area contributed by atoms with Gasteiger partial charge in [-0.05, 0) is 67.1 Å². The maximum absolute atomic E-state index is 12.1. The first kappa shape index (κ1) is 34.0. The number of anilines is 1. The molecule has 2 aliphatic heterocycles. The van der Waals surface area contributed by atoms with Gasteiger partial charge in [0.25, 0.3) is 11.8 Å². The van der Waals surface area contributed by atoms with Gasteiger partial charge in [-0.25, -0.2) is 0 Å². The third kappa shape index (κ3) is 7.67. The molecule has 1 atom stereocenters. The lowest BCUT2D eigenvalue weighted by molar-refractivity contribution is -0.136. The maximum atomic E-state index is 12.1. The van der Waals surface area contributed by atoms with E-state index in [2.05, 4.69) is 43.0 Å². The van der Waals surface area contributed by atoms with E-state index in [4.69, 9.17) is 4.74 Å². The minimum Gasteiger partial charge on any atom is -0.479 e. The highest BCUT2D eigenvalue weighted by Gasteiger charge is 2.44. The van der Waals surface area contributed by atoms with E-state index in [0.29, 0.717) is 18.4 Å². The fraction of sp³-hybridized carbons (Fsp3) is 0.447. The van der Waals surface area contributed by atoms with Crippen molar-refractivity contribution in [1.29, 1.82) is 15.8 Å². The molecule has 4 rings (SSSR count). The van der Waals surface area contributed by atoms with Gasteiger partial charge >= 0.3 is 0 Å². The molecule has 2 aliphatic rings. The van der Waals surface area contributed by atoms with Gasteiger partial charge in [0.15, 0.2) is 11.3 Å². The predicted molar refractivity (Wildman–Crippen MR) is 180 cm³/mol. The summed E-state index contributed by atoms with van der Waals surface area (Å²) >= 11 is 0. The quantitative estimate of drug-likeness (QED) is 0.107. The number of ether oxygens (including phenoxy) is 1. The van der Waals surface area contributed by atoms with Crippen LogP contribution in [0.15, 0.2) is 65.5 Å². The molecule has 0 saturated carbocycles. The third-order valence-electron chi connectivity index (χ3n) is 8.87. The molecule has 2 amide bonds. The number of hydrogen-bond acceptors (Lipinski definition) is 7. The molecule has 46 heavy (non-hydrogen) atoms. The number of carbonyl (C=O) groups excluding carboxylic acids is 2. The zero-order chi connectivity index (χ0) is 33.1. The van der Waals surface area contributed by atoms with Gasteiger partial charge in [-0.15, -0.1) is 0 Å². The number of imide groups is 1. The molecule has 0 bridgehead atoms. The molecule has 1 unspecified atom stereocenters. The standard InChI is InChI=1S/C38H43N5O3/c1-4-6-8-10-20-42(21-11-9-7-5-2)32-16-15-28-23-30(14-13-29(28)24-32)36-33(27-41)37(31(25-39)26-40)46-38(36,3)19-12-22-43-34(44)17-18-35(43)45/h13-18,23-24H,4-12,19-22H2,1-3H3. The van der Waals surface area contributed by atoms with Crippen LogP contribution in [0.1, 0.15) is 90.5 Å². The smallest absolute Gasteiger partial charge is 0.253 e. The summed E-state index contributed by atoms with van der Waals surface area (Å²) in [7, 11) is 0. The molecule has 2 aromatic carbocycles. The second kappa shape index (κ2) is 15.9. The molecule has 2 aromatic rings. The monoisotopic (exact) mass is 617 g/mol. The van der Waals surface area contributed by atoms with E-state index < -0.39 is 5.60 Å². The van der Waals surface area contributed by atoms with Crippen molar-refractivity contribution in [1.82, 2.24) is 4.90 Å². The van der Waals surface area contributed by atoms with Crippen LogP contribution in [0.3, 0.4) is 0 Å². The number of amides is 2. The summed E-state index contributed by atoms with van der Waals surface area (Å²) in [6.45, 7) is 8.54. The Hall–Kier alpha value is -4.87. The molecular formula is C38H43N5O3. The van der Waals surface area contributed by atoms with Crippen molar-refractivity contribution in [2.45, 2.75) is 90.6 Å². The number of nitriles is 3. The highest BCUT2D eigenvalue weighted by atomic mass is 16.5. The Morgan fingerprint density at radius 1 is 0.826 bits per heavy atom. The van der Waals surface area contributed by atoms with Crippen molar-refractivity contribution >= 4 is 33.8 Å². The van der Waals surface area contributed by atoms with Gasteiger partial charge in [0.1, 0.15) is 29.4 Å². The Morgan fingerprint density at radius 2 is 1.43 bits per heavy atom. The lowest BCUT2D eigenvalue weighted by Crippen LogP contribution is -2.33. The van der Waals surface area contributed by atoms with Crippen molar-refractivity contribution in [3.05, 3.63) is 71.0 Å². The number of allylic oxidation sites excluding steroid dienone is 2. The maximum Gasteiger partial charge on any atom is 0.253 e. The van der Waals surface area contributed by atoms with E-state index in [1.807, 2.05) is 37.3 Å². The first-order valence-electron chi connectivity index (χ1n) is 16.5. The fourth-order valence-corrected chi connectivity index (χ4v) is 6.38. The average molecular weight is 618 g/mol. The third-order valence-corrected chi connectivity index (χ3v) is 8.87. The molecule has 2 heterocycles. The summed E-state index contributed by atoms with van der Waals surface area (Å²) in [6, 6.07) is 18.5. The zero-order valence-corrected chi connectivity index (χ0v) is 27.3. The average Bonchev–Trinajstić information content (AvgIpc) is 3.54.